The number of hydrogen-bond acceptors (Lipinski definition) is 2. The minimum atomic E-state index is -0.989. The molecule has 0 aliphatic carbocycles. The van der Waals surface area contributed by atoms with Gasteiger partial charge in [-0.2, -0.15) is 0 Å². The molecule has 0 aliphatic rings. The second-order valence-electron chi connectivity index (χ2n) is 5.47. The van der Waals surface area contributed by atoms with Crippen LogP contribution in [0.2, 0.25) is 5.02 Å². The first-order valence-electron chi connectivity index (χ1n) is 7.36. The summed E-state index contributed by atoms with van der Waals surface area (Å²) in [5, 5.41) is 0.717. The predicted octanol–water partition coefficient (Wildman–Crippen LogP) is 3.32. The van der Waals surface area contributed by atoms with Gasteiger partial charge in [0.2, 0.25) is 5.91 Å². The van der Waals surface area contributed by atoms with E-state index < -0.39 is 10.8 Å². The van der Waals surface area contributed by atoms with Gasteiger partial charge in [-0.1, -0.05) is 35.9 Å². The largest absolute Gasteiger partial charge is 0.345 e. The van der Waals surface area contributed by atoms with Crippen LogP contribution in [-0.2, 0) is 28.4 Å². The standard InChI is InChI=1S/C18H20ClNO2S/c1-20(12-11-14-3-7-16(19)8-4-14)18(21)13-15-5-9-17(10-6-15)23(2)22/h3-10H,11-13H2,1-2H3. The Morgan fingerprint density at radius 1 is 1.04 bits per heavy atom. The van der Waals surface area contributed by atoms with Crippen molar-refractivity contribution in [2.24, 2.45) is 0 Å². The van der Waals surface area contributed by atoms with Crippen molar-refractivity contribution in [1.29, 1.82) is 0 Å². The fourth-order valence-corrected chi connectivity index (χ4v) is 2.83. The Hall–Kier alpha value is -1.65. The summed E-state index contributed by atoms with van der Waals surface area (Å²) in [4.78, 5) is 14.8. The van der Waals surface area contributed by atoms with Crippen molar-refractivity contribution in [3.8, 4) is 0 Å². The maximum absolute atomic E-state index is 12.3. The second-order valence-corrected chi connectivity index (χ2v) is 7.28. The molecule has 2 aromatic carbocycles. The van der Waals surface area contributed by atoms with E-state index in [0.29, 0.717) is 13.0 Å². The fourth-order valence-electron chi connectivity index (χ4n) is 2.18. The molecule has 0 heterocycles. The van der Waals surface area contributed by atoms with Crippen LogP contribution in [0.4, 0.5) is 0 Å². The number of halogens is 1. The molecule has 0 radical (unpaired) electrons. The van der Waals surface area contributed by atoms with Crippen LogP contribution >= 0.6 is 11.6 Å². The van der Waals surface area contributed by atoms with Gasteiger partial charge >= 0.3 is 0 Å². The van der Waals surface area contributed by atoms with Gasteiger partial charge in [-0.15, -0.1) is 0 Å². The van der Waals surface area contributed by atoms with Crippen molar-refractivity contribution in [2.75, 3.05) is 19.8 Å². The quantitative estimate of drug-likeness (QED) is 0.802. The van der Waals surface area contributed by atoms with E-state index in [-0.39, 0.29) is 5.91 Å². The molecule has 0 bridgehead atoms. The second kappa shape index (κ2) is 8.27. The number of benzene rings is 2. The minimum Gasteiger partial charge on any atom is -0.345 e. The van der Waals surface area contributed by atoms with Crippen LogP contribution in [0.15, 0.2) is 53.4 Å². The molecule has 23 heavy (non-hydrogen) atoms. The van der Waals surface area contributed by atoms with E-state index in [1.165, 1.54) is 0 Å². The Morgan fingerprint density at radius 2 is 1.61 bits per heavy atom. The van der Waals surface area contributed by atoms with Gasteiger partial charge in [-0.05, 0) is 41.8 Å². The van der Waals surface area contributed by atoms with Gasteiger partial charge in [0, 0.05) is 40.6 Å². The maximum Gasteiger partial charge on any atom is 0.226 e. The molecule has 1 unspecified atom stereocenters. The molecule has 0 spiro atoms. The first kappa shape index (κ1) is 17.7. The van der Waals surface area contributed by atoms with E-state index in [4.69, 9.17) is 11.6 Å². The summed E-state index contributed by atoms with van der Waals surface area (Å²) in [5.41, 5.74) is 2.09. The van der Waals surface area contributed by atoms with Gasteiger partial charge in [0.05, 0.1) is 6.42 Å². The zero-order valence-corrected chi connectivity index (χ0v) is 14.9. The lowest BCUT2D eigenvalue weighted by Gasteiger charge is -2.17. The molecule has 3 nitrogen and oxygen atoms in total. The molecule has 2 aromatic rings. The Morgan fingerprint density at radius 3 is 2.17 bits per heavy atom. The van der Waals surface area contributed by atoms with E-state index in [0.717, 1.165) is 27.5 Å². The van der Waals surface area contributed by atoms with Gasteiger partial charge in [0.1, 0.15) is 0 Å². The Balaban J connectivity index is 1.86. The number of nitrogens with zero attached hydrogens (tertiary/aromatic N) is 1. The molecule has 1 amide bonds. The van der Waals surface area contributed by atoms with Crippen molar-refractivity contribution in [3.05, 3.63) is 64.7 Å². The molecule has 0 saturated carbocycles. The number of likely N-dealkylation sites (N-methyl/N-ethyl adjacent to an activating group) is 1. The molecule has 122 valence electrons. The highest BCUT2D eigenvalue weighted by Gasteiger charge is 2.10. The summed E-state index contributed by atoms with van der Waals surface area (Å²) < 4.78 is 11.4. The highest BCUT2D eigenvalue weighted by molar-refractivity contribution is 7.84. The molecule has 2 rings (SSSR count). The van der Waals surface area contributed by atoms with Crippen molar-refractivity contribution < 1.29 is 9.00 Å². The van der Waals surface area contributed by atoms with Crippen LogP contribution in [0.1, 0.15) is 11.1 Å². The average molecular weight is 350 g/mol. The van der Waals surface area contributed by atoms with Crippen LogP contribution in [0, 0.1) is 0 Å². The molecule has 0 N–H and O–H groups in total. The Kier molecular flexibility index (Phi) is 6.37. The van der Waals surface area contributed by atoms with Crippen molar-refractivity contribution in [2.45, 2.75) is 17.7 Å². The van der Waals surface area contributed by atoms with Crippen molar-refractivity contribution in [1.82, 2.24) is 4.90 Å². The van der Waals surface area contributed by atoms with Crippen LogP contribution in [-0.4, -0.2) is 34.9 Å². The summed E-state index contributed by atoms with van der Waals surface area (Å²) in [6.07, 6.45) is 2.80. The molecule has 1 atom stereocenters. The molecular formula is C18H20ClNO2S. The Bertz CT molecular complexity index is 683. The number of carbonyl (C=O) groups is 1. The predicted molar refractivity (Wildman–Crippen MR) is 95.3 cm³/mol. The third-order valence-corrected chi connectivity index (χ3v) is 4.87. The monoisotopic (exact) mass is 349 g/mol. The van der Waals surface area contributed by atoms with E-state index in [9.17, 15) is 9.00 Å². The minimum absolute atomic E-state index is 0.0735. The number of amides is 1. The van der Waals surface area contributed by atoms with Crippen LogP contribution in [0.5, 0.6) is 0 Å². The van der Waals surface area contributed by atoms with Crippen LogP contribution in [0.25, 0.3) is 0 Å². The number of hydrogen-bond donors (Lipinski definition) is 0. The summed E-state index contributed by atoms with van der Waals surface area (Å²) in [6.45, 7) is 0.664. The van der Waals surface area contributed by atoms with Crippen molar-refractivity contribution >= 4 is 28.3 Å². The lowest BCUT2D eigenvalue weighted by molar-refractivity contribution is -0.129. The maximum atomic E-state index is 12.3. The summed E-state index contributed by atoms with van der Waals surface area (Å²) in [7, 11) is 0.824. The van der Waals surface area contributed by atoms with Gasteiger partial charge in [0.15, 0.2) is 0 Å². The normalized spacial score (nSPS) is 12.0. The molecule has 0 saturated heterocycles. The van der Waals surface area contributed by atoms with E-state index >= 15 is 0 Å². The van der Waals surface area contributed by atoms with Crippen molar-refractivity contribution in [3.63, 3.8) is 0 Å². The van der Waals surface area contributed by atoms with Gasteiger partial charge in [-0.3, -0.25) is 9.00 Å². The van der Waals surface area contributed by atoms with Gasteiger partial charge in [0.25, 0.3) is 0 Å². The van der Waals surface area contributed by atoms with Crippen LogP contribution in [0.3, 0.4) is 0 Å². The highest BCUT2D eigenvalue weighted by atomic mass is 35.5. The lowest BCUT2D eigenvalue weighted by atomic mass is 10.1. The van der Waals surface area contributed by atoms with Crippen LogP contribution < -0.4 is 0 Å². The highest BCUT2D eigenvalue weighted by Crippen LogP contribution is 2.11. The lowest BCUT2D eigenvalue weighted by Crippen LogP contribution is -2.30. The smallest absolute Gasteiger partial charge is 0.226 e. The molecular weight excluding hydrogens is 330 g/mol. The first-order valence-corrected chi connectivity index (χ1v) is 9.30. The first-order chi connectivity index (χ1) is 11.0. The molecule has 0 fully saturated rings. The Labute approximate surface area is 144 Å². The average Bonchev–Trinajstić information content (AvgIpc) is 2.54. The third kappa shape index (κ3) is 5.48. The zero-order valence-electron chi connectivity index (χ0n) is 13.3. The van der Waals surface area contributed by atoms with Gasteiger partial charge < -0.3 is 4.90 Å². The summed E-state index contributed by atoms with van der Waals surface area (Å²) in [5.74, 6) is 0.0735. The zero-order chi connectivity index (χ0) is 16.8. The van der Waals surface area contributed by atoms with E-state index in [2.05, 4.69) is 0 Å². The topological polar surface area (TPSA) is 37.4 Å². The summed E-state index contributed by atoms with van der Waals surface area (Å²) >= 11 is 5.86. The number of rotatable bonds is 6. The number of carbonyl (C=O) groups excluding carboxylic acids is 1. The SMILES string of the molecule is CN(CCc1ccc(Cl)cc1)C(=O)Cc1ccc(S(C)=O)cc1. The molecule has 0 aliphatic heterocycles. The molecule has 0 aromatic heterocycles. The summed E-state index contributed by atoms with van der Waals surface area (Å²) in [6, 6.07) is 15.0. The van der Waals surface area contributed by atoms with Gasteiger partial charge in [-0.25, -0.2) is 0 Å². The van der Waals surface area contributed by atoms with E-state index in [1.54, 1.807) is 11.2 Å². The third-order valence-electron chi connectivity index (χ3n) is 3.69. The van der Waals surface area contributed by atoms with E-state index in [1.807, 2.05) is 55.6 Å². The fraction of sp³-hybridized carbons (Fsp3) is 0.278. The molecule has 5 heteroatoms.